The van der Waals surface area contributed by atoms with Crippen LogP contribution in [0.4, 0.5) is 0 Å². The largest absolute Gasteiger partial charge is 0.479 e. The van der Waals surface area contributed by atoms with Crippen molar-refractivity contribution < 1.29 is 14.3 Å². The lowest BCUT2D eigenvalue weighted by Crippen LogP contribution is -2.47. The highest BCUT2D eigenvalue weighted by atomic mass is 35.5. The Labute approximate surface area is 149 Å². The van der Waals surface area contributed by atoms with Gasteiger partial charge in [0.15, 0.2) is 6.10 Å². The number of ether oxygens (including phenoxy) is 1. The van der Waals surface area contributed by atoms with Gasteiger partial charge >= 0.3 is 0 Å². The molecule has 2 amide bonds. The summed E-state index contributed by atoms with van der Waals surface area (Å²) in [6, 6.07) is 11.7. The highest BCUT2D eigenvalue weighted by molar-refractivity contribution is 6.35. The number of benzene rings is 2. The zero-order valence-electron chi connectivity index (χ0n) is 13.1. The second-order valence-corrected chi connectivity index (χ2v) is 5.99. The van der Waals surface area contributed by atoms with Crippen LogP contribution in [0.1, 0.15) is 22.8 Å². The third-order valence-corrected chi connectivity index (χ3v) is 3.71. The van der Waals surface area contributed by atoms with Gasteiger partial charge in [-0.15, -0.1) is 0 Å². The van der Waals surface area contributed by atoms with Gasteiger partial charge in [0.25, 0.3) is 11.8 Å². The van der Waals surface area contributed by atoms with Crippen molar-refractivity contribution in [1.82, 2.24) is 10.9 Å². The number of nitrogens with one attached hydrogen (secondary N) is 2. The molecule has 0 saturated heterocycles. The molecule has 7 heteroatoms. The average molecular weight is 367 g/mol. The number of aryl methyl sites for hydroxylation is 1. The fraction of sp³-hybridized carbons (Fsp3) is 0.176. The number of carbonyl (C=O) groups is 2. The van der Waals surface area contributed by atoms with Gasteiger partial charge in [-0.3, -0.25) is 20.4 Å². The van der Waals surface area contributed by atoms with E-state index in [4.69, 9.17) is 27.9 Å². The molecule has 126 valence electrons. The lowest BCUT2D eigenvalue weighted by atomic mass is 10.1. The van der Waals surface area contributed by atoms with Gasteiger partial charge in [0.2, 0.25) is 0 Å². The van der Waals surface area contributed by atoms with Crippen molar-refractivity contribution >= 4 is 35.0 Å². The van der Waals surface area contributed by atoms with Gasteiger partial charge in [0.05, 0.1) is 5.02 Å². The molecule has 0 aliphatic rings. The highest BCUT2D eigenvalue weighted by Gasteiger charge is 2.17. The van der Waals surface area contributed by atoms with Gasteiger partial charge in [-0.25, -0.2) is 0 Å². The average Bonchev–Trinajstić information content (AvgIpc) is 2.55. The van der Waals surface area contributed by atoms with E-state index < -0.39 is 17.9 Å². The Bertz CT molecular complexity index is 748. The first kappa shape index (κ1) is 18.1. The minimum Gasteiger partial charge on any atom is -0.479 e. The van der Waals surface area contributed by atoms with Gasteiger partial charge in [-0.2, -0.15) is 0 Å². The fourth-order valence-corrected chi connectivity index (χ4v) is 2.26. The Morgan fingerprint density at radius 2 is 1.71 bits per heavy atom. The summed E-state index contributed by atoms with van der Waals surface area (Å²) in [4.78, 5) is 23.9. The number of hydrogen-bond acceptors (Lipinski definition) is 3. The Kier molecular flexibility index (Phi) is 6.06. The molecular weight excluding hydrogens is 351 g/mol. The zero-order valence-corrected chi connectivity index (χ0v) is 14.6. The summed E-state index contributed by atoms with van der Waals surface area (Å²) < 4.78 is 5.46. The van der Waals surface area contributed by atoms with E-state index in [1.165, 1.54) is 13.0 Å². The van der Waals surface area contributed by atoms with Crippen molar-refractivity contribution in [2.24, 2.45) is 0 Å². The molecule has 2 aromatic rings. The molecule has 2 rings (SSSR count). The molecule has 0 fully saturated rings. The number of carbonyl (C=O) groups excluding carboxylic acids is 2. The van der Waals surface area contributed by atoms with Gasteiger partial charge in [-0.05, 0) is 44.2 Å². The predicted molar refractivity (Wildman–Crippen MR) is 93.3 cm³/mol. The van der Waals surface area contributed by atoms with Crippen molar-refractivity contribution in [2.45, 2.75) is 20.0 Å². The summed E-state index contributed by atoms with van der Waals surface area (Å²) in [6.07, 6.45) is -0.859. The van der Waals surface area contributed by atoms with Crippen molar-refractivity contribution in [3.8, 4) is 5.75 Å². The maximum atomic E-state index is 12.0. The van der Waals surface area contributed by atoms with E-state index in [9.17, 15) is 9.59 Å². The summed E-state index contributed by atoms with van der Waals surface area (Å²) in [5.74, 6) is -0.602. The Hall–Kier alpha value is -2.24. The minimum atomic E-state index is -0.859. The molecular formula is C17H16Cl2N2O3. The van der Waals surface area contributed by atoms with Gasteiger partial charge in [0.1, 0.15) is 5.75 Å². The molecule has 0 aromatic heterocycles. The monoisotopic (exact) mass is 366 g/mol. The number of hydrazine groups is 1. The van der Waals surface area contributed by atoms with Crippen LogP contribution < -0.4 is 15.6 Å². The van der Waals surface area contributed by atoms with E-state index in [0.717, 1.165) is 5.56 Å². The van der Waals surface area contributed by atoms with Gasteiger partial charge in [-0.1, -0.05) is 40.9 Å². The molecule has 0 bridgehead atoms. The molecule has 0 unspecified atom stereocenters. The molecule has 0 radical (unpaired) electrons. The van der Waals surface area contributed by atoms with Crippen molar-refractivity contribution in [1.29, 1.82) is 0 Å². The first-order valence-electron chi connectivity index (χ1n) is 7.15. The van der Waals surface area contributed by atoms with E-state index in [0.29, 0.717) is 21.4 Å². The lowest BCUT2D eigenvalue weighted by Gasteiger charge is -2.16. The summed E-state index contributed by atoms with van der Waals surface area (Å²) >= 11 is 11.8. The summed E-state index contributed by atoms with van der Waals surface area (Å²) in [7, 11) is 0. The third kappa shape index (κ3) is 4.88. The molecule has 2 N–H and O–H groups in total. The summed E-state index contributed by atoms with van der Waals surface area (Å²) in [5.41, 5.74) is 6.13. The maximum Gasteiger partial charge on any atom is 0.279 e. The van der Waals surface area contributed by atoms with Crippen LogP contribution in [0.25, 0.3) is 0 Å². The van der Waals surface area contributed by atoms with Gasteiger partial charge in [0, 0.05) is 10.6 Å². The third-order valence-electron chi connectivity index (χ3n) is 3.18. The molecule has 0 heterocycles. The molecule has 0 aliphatic carbocycles. The van der Waals surface area contributed by atoms with Crippen LogP contribution in [0, 0.1) is 6.92 Å². The van der Waals surface area contributed by atoms with Crippen molar-refractivity contribution in [2.75, 3.05) is 0 Å². The SMILES string of the molecule is Cc1ccc(C(=O)NNC(=O)[C@@H](C)Oc2ccc(Cl)cc2Cl)cc1. The number of rotatable bonds is 4. The van der Waals surface area contributed by atoms with Crippen LogP contribution in [0.15, 0.2) is 42.5 Å². The Balaban J connectivity index is 1.89. The van der Waals surface area contributed by atoms with E-state index in [1.807, 2.05) is 19.1 Å². The van der Waals surface area contributed by atoms with Crippen LogP contribution in [0.5, 0.6) is 5.75 Å². The zero-order chi connectivity index (χ0) is 17.7. The maximum absolute atomic E-state index is 12.0. The smallest absolute Gasteiger partial charge is 0.279 e. The molecule has 24 heavy (non-hydrogen) atoms. The molecule has 5 nitrogen and oxygen atoms in total. The predicted octanol–water partition coefficient (Wildman–Crippen LogP) is 3.53. The van der Waals surface area contributed by atoms with E-state index >= 15 is 0 Å². The summed E-state index contributed by atoms with van der Waals surface area (Å²) in [5, 5.41) is 0.764. The van der Waals surface area contributed by atoms with Crippen LogP contribution in [-0.4, -0.2) is 17.9 Å². The molecule has 0 aliphatic heterocycles. The van der Waals surface area contributed by atoms with Crippen LogP contribution in [-0.2, 0) is 4.79 Å². The quantitative estimate of drug-likeness (QED) is 0.813. The number of halogens is 2. The first-order chi connectivity index (χ1) is 11.4. The normalized spacial score (nSPS) is 11.5. The van der Waals surface area contributed by atoms with Crippen LogP contribution in [0.3, 0.4) is 0 Å². The lowest BCUT2D eigenvalue weighted by molar-refractivity contribution is -0.128. The first-order valence-corrected chi connectivity index (χ1v) is 7.91. The van der Waals surface area contributed by atoms with Crippen molar-refractivity contribution in [3.63, 3.8) is 0 Å². The van der Waals surface area contributed by atoms with Crippen LogP contribution in [0.2, 0.25) is 10.0 Å². The minimum absolute atomic E-state index is 0.297. The molecule has 0 spiro atoms. The topological polar surface area (TPSA) is 67.4 Å². The summed E-state index contributed by atoms with van der Waals surface area (Å²) in [6.45, 7) is 3.46. The number of hydrogen-bond donors (Lipinski definition) is 2. The van der Waals surface area contributed by atoms with E-state index in [1.54, 1.807) is 24.3 Å². The standard InChI is InChI=1S/C17H16Cl2N2O3/c1-10-3-5-12(6-4-10)17(23)21-20-16(22)11(2)24-15-8-7-13(18)9-14(15)19/h3-9,11H,1-2H3,(H,20,22)(H,21,23)/t11-/m1/s1. The number of amides is 2. The van der Waals surface area contributed by atoms with E-state index in [-0.39, 0.29) is 0 Å². The Morgan fingerprint density at radius 3 is 2.33 bits per heavy atom. The van der Waals surface area contributed by atoms with Gasteiger partial charge < -0.3 is 4.74 Å². The molecule has 2 aromatic carbocycles. The van der Waals surface area contributed by atoms with E-state index in [2.05, 4.69) is 10.9 Å². The molecule has 1 atom stereocenters. The van der Waals surface area contributed by atoms with Crippen LogP contribution >= 0.6 is 23.2 Å². The molecule has 0 saturated carbocycles. The second kappa shape index (κ2) is 8.04. The highest BCUT2D eigenvalue weighted by Crippen LogP contribution is 2.28. The second-order valence-electron chi connectivity index (χ2n) is 5.14. The fourth-order valence-electron chi connectivity index (χ4n) is 1.81. The van der Waals surface area contributed by atoms with Crippen molar-refractivity contribution in [3.05, 3.63) is 63.6 Å². The Morgan fingerprint density at radius 1 is 1.04 bits per heavy atom.